The Morgan fingerprint density at radius 2 is 1.90 bits per heavy atom. The van der Waals surface area contributed by atoms with Gasteiger partial charge in [-0.05, 0) is 36.3 Å². The van der Waals surface area contributed by atoms with Gasteiger partial charge in [0, 0.05) is 32.1 Å². The quantitative estimate of drug-likeness (QED) is 0.798. The Bertz CT molecular complexity index is 605. The van der Waals surface area contributed by atoms with E-state index in [1.807, 2.05) is 18.2 Å². The van der Waals surface area contributed by atoms with Crippen molar-refractivity contribution in [1.29, 1.82) is 0 Å². The molecule has 0 amide bonds. The first-order valence-electron chi connectivity index (χ1n) is 7.49. The molecule has 0 saturated carbocycles. The molecule has 1 fully saturated rings. The maximum Gasteiger partial charge on any atom is 0.282 e. The second-order valence-electron chi connectivity index (χ2n) is 5.88. The molecule has 2 aliphatic rings. The van der Waals surface area contributed by atoms with Gasteiger partial charge in [0.25, 0.3) is 10.2 Å². The Morgan fingerprint density at radius 1 is 1.14 bits per heavy atom. The van der Waals surface area contributed by atoms with Crippen LogP contribution >= 0.6 is 11.6 Å². The van der Waals surface area contributed by atoms with Gasteiger partial charge in [0.2, 0.25) is 0 Å². The van der Waals surface area contributed by atoms with Gasteiger partial charge in [-0.1, -0.05) is 24.3 Å². The summed E-state index contributed by atoms with van der Waals surface area (Å²) in [6.07, 6.45) is 2.72. The van der Waals surface area contributed by atoms with Crippen molar-refractivity contribution in [2.24, 2.45) is 5.92 Å². The summed E-state index contributed by atoms with van der Waals surface area (Å²) in [6.45, 7) is 2.24. The predicted molar refractivity (Wildman–Crippen MR) is 84.5 cm³/mol. The van der Waals surface area contributed by atoms with Crippen LogP contribution in [0, 0.1) is 5.92 Å². The molecule has 0 aliphatic carbocycles. The third-order valence-corrected chi connectivity index (χ3v) is 6.83. The van der Waals surface area contributed by atoms with Crippen LogP contribution < -0.4 is 0 Å². The van der Waals surface area contributed by atoms with Crippen molar-refractivity contribution in [3.8, 4) is 0 Å². The summed E-state index contributed by atoms with van der Waals surface area (Å²) in [7, 11) is -3.36. The normalized spacial score (nSPS) is 24.7. The summed E-state index contributed by atoms with van der Waals surface area (Å²) in [6, 6.07) is 8.09. The minimum Gasteiger partial charge on any atom is -0.195 e. The Kier molecular flexibility index (Phi) is 4.54. The van der Waals surface area contributed by atoms with Crippen molar-refractivity contribution >= 4 is 21.8 Å². The lowest BCUT2D eigenvalue weighted by atomic mass is 10.0. The summed E-state index contributed by atoms with van der Waals surface area (Å²) in [5.41, 5.74) is 2.39. The van der Waals surface area contributed by atoms with E-state index in [1.54, 1.807) is 8.61 Å². The number of hydrogen-bond donors (Lipinski definition) is 0. The minimum atomic E-state index is -3.36. The zero-order valence-corrected chi connectivity index (χ0v) is 13.6. The Morgan fingerprint density at radius 3 is 2.67 bits per heavy atom. The smallest absolute Gasteiger partial charge is 0.195 e. The number of piperidine rings is 1. The van der Waals surface area contributed by atoms with Gasteiger partial charge in [0.15, 0.2) is 0 Å². The van der Waals surface area contributed by atoms with Crippen molar-refractivity contribution in [2.45, 2.75) is 25.8 Å². The van der Waals surface area contributed by atoms with Crippen LogP contribution in [0.25, 0.3) is 0 Å². The van der Waals surface area contributed by atoms with Crippen LogP contribution in [-0.2, 0) is 23.2 Å². The Labute approximate surface area is 131 Å². The molecule has 6 heteroatoms. The van der Waals surface area contributed by atoms with Gasteiger partial charge in [-0.25, -0.2) is 0 Å². The molecule has 4 nitrogen and oxygen atoms in total. The summed E-state index contributed by atoms with van der Waals surface area (Å²) in [5.74, 6) is 0.821. The predicted octanol–water partition coefficient (Wildman–Crippen LogP) is 2.24. The molecule has 116 valence electrons. The Balaban J connectivity index is 1.77. The zero-order chi connectivity index (χ0) is 14.9. The van der Waals surface area contributed by atoms with E-state index in [4.69, 9.17) is 11.6 Å². The van der Waals surface area contributed by atoms with Gasteiger partial charge in [0.05, 0.1) is 0 Å². The maximum atomic E-state index is 12.8. The first kappa shape index (κ1) is 15.3. The lowest BCUT2D eigenvalue weighted by molar-refractivity contribution is 0.255. The summed E-state index contributed by atoms with van der Waals surface area (Å²) in [5, 5.41) is 0. The first-order chi connectivity index (χ1) is 10.1. The van der Waals surface area contributed by atoms with Crippen molar-refractivity contribution in [2.75, 3.05) is 25.5 Å². The van der Waals surface area contributed by atoms with Crippen LogP contribution in [0.3, 0.4) is 0 Å². The van der Waals surface area contributed by atoms with Crippen molar-refractivity contribution in [3.05, 3.63) is 35.4 Å². The van der Waals surface area contributed by atoms with E-state index in [0.29, 0.717) is 32.1 Å². The molecule has 0 bridgehead atoms. The lowest BCUT2D eigenvalue weighted by Gasteiger charge is -2.36. The zero-order valence-electron chi connectivity index (χ0n) is 12.0. The molecule has 1 saturated heterocycles. The van der Waals surface area contributed by atoms with E-state index in [0.717, 1.165) is 24.8 Å². The molecule has 0 spiro atoms. The van der Waals surface area contributed by atoms with Crippen LogP contribution in [0.4, 0.5) is 0 Å². The van der Waals surface area contributed by atoms with Crippen molar-refractivity contribution in [3.63, 3.8) is 0 Å². The molecule has 0 aromatic heterocycles. The van der Waals surface area contributed by atoms with E-state index < -0.39 is 10.2 Å². The van der Waals surface area contributed by atoms with Crippen molar-refractivity contribution < 1.29 is 8.42 Å². The number of rotatable bonds is 3. The van der Waals surface area contributed by atoms with Gasteiger partial charge in [-0.15, -0.1) is 11.6 Å². The van der Waals surface area contributed by atoms with Crippen LogP contribution in [-0.4, -0.2) is 42.5 Å². The number of halogens is 1. The molecule has 0 N–H and O–H groups in total. The standard InChI is InChI=1S/C15H21ClN2O2S/c16-10-13-4-3-8-17(11-13)21(19,20)18-9-7-14-5-1-2-6-15(14)12-18/h1-2,5-6,13H,3-4,7-12H2. The highest BCUT2D eigenvalue weighted by atomic mass is 35.5. The van der Waals surface area contributed by atoms with Crippen LogP contribution in [0.2, 0.25) is 0 Å². The van der Waals surface area contributed by atoms with E-state index >= 15 is 0 Å². The van der Waals surface area contributed by atoms with E-state index in [1.165, 1.54) is 5.56 Å². The third kappa shape index (κ3) is 3.11. The number of fused-ring (bicyclic) bond motifs is 1. The maximum absolute atomic E-state index is 12.8. The van der Waals surface area contributed by atoms with Crippen LogP contribution in [0.15, 0.2) is 24.3 Å². The molecule has 1 aromatic rings. The first-order valence-corrected chi connectivity index (χ1v) is 9.42. The molecular formula is C15H21ClN2O2S. The average Bonchev–Trinajstić information content (AvgIpc) is 2.54. The van der Waals surface area contributed by atoms with Crippen LogP contribution in [0.5, 0.6) is 0 Å². The highest BCUT2D eigenvalue weighted by Crippen LogP contribution is 2.26. The SMILES string of the molecule is O=S(=O)(N1CCc2ccccc2C1)N1CCCC(CCl)C1. The summed E-state index contributed by atoms with van der Waals surface area (Å²) < 4.78 is 28.9. The molecular weight excluding hydrogens is 308 g/mol. The molecule has 2 heterocycles. The molecule has 2 aliphatic heterocycles. The monoisotopic (exact) mass is 328 g/mol. The van der Waals surface area contributed by atoms with Gasteiger partial charge >= 0.3 is 0 Å². The molecule has 1 aromatic carbocycles. The van der Waals surface area contributed by atoms with Gasteiger partial charge in [-0.3, -0.25) is 0 Å². The van der Waals surface area contributed by atoms with E-state index in [2.05, 4.69) is 6.07 Å². The second-order valence-corrected chi connectivity index (χ2v) is 8.12. The molecule has 0 radical (unpaired) electrons. The lowest BCUT2D eigenvalue weighted by Crippen LogP contribution is -2.49. The number of hydrogen-bond acceptors (Lipinski definition) is 2. The van der Waals surface area contributed by atoms with E-state index in [-0.39, 0.29) is 5.92 Å². The number of benzene rings is 1. The number of alkyl halides is 1. The number of nitrogens with zero attached hydrogens (tertiary/aromatic N) is 2. The topological polar surface area (TPSA) is 40.6 Å². The van der Waals surface area contributed by atoms with Gasteiger partial charge in [0.1, 0.15) is 0 Å². The molecule has 21 heavy (non-hydrogen) atoms. The fraction of sp³-hybridized carbons (Fsp3) is 0.600. The fourth-order valence-corrected chi connectivity index (χ4v) is 5.15. The highest BCUT2D eigenvalue weighted by molar-refractivity contribution is 7.86. The summed E-state index contributed by atoms with van der Waals surface area (Å²) >= 11 is 5.91. The van der Waals surface area contributed by atoms with Crippen LogP contribution in [0.1, 0.15) is 24.0 Å². The second kappa shape index (κ2) is 6.24. The van der Waals surface area contributed by atoms with Gasteiger partial charge < -0.3 is 0 Å². The van der Waals surface area contributed by atoms with Gasteiger partial charge in [-0.2, -0.15) is 17.0 Å². The molecule has 1 atom stereocenters. The Hall–Kier alpha value is -0.620. The highest BCUT2D eigenvalue weighted by Gasteiger charge is 2.34. The fourth-order valence-electron chi connectivity index (χ4n) is 3.19. The minimum absolute atomic E-state index is 0.285. The van der Waals surface area contributed by atoms with Crippen molar-refractivity contribution in [1.82, 2.24) is 8.61 Å². The molecule has 3 rings (SSSR count). The average molecular weight is 329 g/mol. The van der Waals surface area contributed by atoms with E-state index in [9.17, 15) is 8.42 Å². The largest absolute Gasteiger partial charge is 0.282 e. The third-order valence-electron chi connectivity index (χ3n) is 4.45. The molecule has 1 unspecified atom stereocenters. The summed E-state index contributed by atoms with van der Waals surface area (Å²) in [4.78, 5) is 0.